The molecule has 0 unspecified atom stereocenters. The zero-order valence-corrected chi connectivity index (χ0v) is 9.91. The Morgan fingerprint density at radius 3 is 2.94 bits per heavy atom. The van der Waals surface area contributed by atoms with E-state index in [0.717, 1.165) is 17.7 Å². The van der Waals surface area contributed by atoms with Crippen LogP contribution >= 0.6 is 0 Å². The average molecular weight is 230 g/mol. The van der Waals surface area contributed by atoms with Crippen LogP contribution in [0.3, 0.4) is 0 Å². The number of fused-ring (bicyclic) bond motifs is 1. The summed E-state index contributed by atoms with van der Waals surface area (Å²) in [5, 5.41) is 4.76. The van der Waals surface area contributed by atoms with Crippen molar-refractivity contribution in [2.24, 2.45) is 5.73 Å². The zero-order valence-electron chi connectivity index (χ0n) is 9.91. The molecule has 1 aromatic carbocycles. The number of furan rings is 1. The molecule has 3 heteroatoms. The van der Waals surface area contributed by atoms with Crippen LogP contribution < -0.4 is 11.1 Å². The highest BCUT2D eigenvalue weighted by molar-refractivity contribution is 5.81. The molecule has 0 bridgehead atoms. The van der Waals surface area contributed by atoms with E-state index in [1.165, 1.54) is 30.2 Å². The lowest BCUT2D eigenvalue weighted by atomic mass is 9.93. The fourth-order valence-electron chi connectivity index (χ4n) is 2.26. The van der Waals surface area contributed by atoms with Crippen LogP contribution in [0.4, 0.5) is 0 Å². The lowest BCUT2D eigenvalue weighted by Crippen LogP contribution is -2.34. The summed E-state index contributed by atoms with van der Waals surface area (Å²) in [7, 11) is 0. The van der Waals surface area contributed by atoms with Crippen molar-refractivity contribution in [3.05, 3.63) is 35.6 Å². The Hall–Kier alpha value is -1.32. The Morgan fingerprint density at radius 2 is 2.24 bits per heavy atom. The van der Waals surface area contributed by atoms with Crippen LogP contribution in [-0.2, 0) is 13.1 Å². The van der Waals surface area contributed by atoms with Gasteiger partial charge in [-0.1, -0.05) is 18.6 Å². The van der Waals surface area contributed by atoms with Crippen molar-refractivity contribution in [1.82, 2.24) is 5.32 Å². The standard InChI is InChI=1S/C14H18N2O/c15-7-10-4-5-13-11(9-17-14(13)6-10)8-16-12-2-1-3-12/h4-6,9,12,16H,1-3,7-8,15H2. The summed E-state index contributed by atoms with van der Waals surface area (Å²) in [5.41, 5.74) is 8.92. The van der Waals surface area contributed by atoms with Gasteiger partial charge in [0.1, 0.15) is 5.58 Å². The van der Waals surface area contributed by atoms with Crippen molar-refractivity contribution >= 4 is 11.0 Å². The van der Waals surface area contributed by atoms with E-state index in [1.807, 2.05) is 12.3 Å². The summed E-state index contributed by atoms with van der Waals surface area (Å²) < 4.78 is 5.58. The third-order valence-corrected chi connectivity index (χ3v) is 3.64. The molecule has 3 nitrogen and oxygen atoms in total. The van der Waals surface area contributed by atoms with Crippen LogP contribution in [0.25, 0.3) is 11.0 Å². The summed E-state index contributed by atoms with van der Waals surface area (Å²) in [6.45, 7) is 1.46. The molecule has 0 amide bonds. The number of hydrogen-bond acceptors (Lipinski definition) is 3. The van der Waals surface area contributed by atoms with Gasteiger partial charge in [0.25, 0.3) is 0 Å². The predicted molar refractivity (Wildman–Crippen MR) is 68.6 cm³/mol. The number of rotatable bonds is 4. The lowest BCUT2D eigenvalue weighted by Gasteiger charge is -2.26. The number of hydrogen-bond donors (Lipinski definition) is 2. The maximum Gasteiger partial charge on any atom is 0.134 e. The largest absolute Gasteiger partial charge is 0.464 e. The van der Waals surface area contributed by atoms with E-state index in [9.17, 15) is 0 Å². The average Bonchev–Trinajstić information content (AvgIpc) is 2.69. The lowest BCUT2D eigenvalue weighted by molar-refractivity contribution is 0.338. The smallest absolute Gasteiger partial charge is 0.134 e. The van der Waals surface area contributed by atoms with E-state index < -0.39 is 0 Å². The zero-order chi connectivity index (χ0) is 11.7. The number of nitrogens with two attached hydrogens (primary N) is 1. The molecule has 3 rings (SSSR count). The van der Waals surface area contributed by atoms with Gasteiger partial charge in [-0.3, -0.25) is 0 Å². The fourth-order valence-corrected chi connectivity index (χ4v) is 2.26. The molecule has 0 atom stereocenters. The normalized spacial score (nSPS) is 16.3. The monoisotopic (exact) mass is 230 g/mol. The van der Waals surface area contributed by atoms with E-state index in [-0.39, 0.29) is 0 Å². The first-order chi connectivity index (χ1) is 8.36. The highest BCUT2D eigenvalue weighted by atomic mass is 16.3. The van der Waals surface area contributed by atoms with E-state index in [2.05, 4.69) is 17.4 Å². The van der Waals surface area contributed by atoms with Crippen molar-refractivity contribution in [3.8, 4) is 0 Å². The molecule has 1 fully saturated rings. The van der Waals surface area contributed by atoms with Crippen molar-refractivity contribution in [3.63, 3.8) is 0 Å². The predicted octanol–water partition coefficient (Wildman–Crippen LogP) is 2.53. The van der Waals surface area contributed by atoms with Gasteiger partial charge in [0.2, 0.25) is 0 Å². The summed E-state index contributed by atoms with van der Waals surface area (Å²) in [5.74, 6) is 0. The number of nitrogens with one attached hydrogen (secondary N) is 1. The fraction of sp³-hybridized carbons (Fsp3) is 0.429. The van der Waals surface area contributed by atoms with Crippen molar-refractivity contribution in [2.75, 3.05) is 0 Å². The SMILES string of the molecule is NCc1ccc2c(CNC3CCC3)coc2c1. The van der Waals surface area contributed by atoms with Crippen LogP contribution in [0.15, 0.2) is 28.9 Å². The summed E-state index contributed by atoms with van der Waals surface area (Å²) >= 11 is 0. The topological polar surface area (TPSA) is 51.2 Å². The van der Waals surface area contributed by atoms with E-state index in [4.69, 9.17) is 10.2 Å². The van der Waals surface area contributed by atoms with Crippen LogP contribution in [0.2, 0.25) is 0 Å². The molecule has 1 saturated carbocycles. The van der Waals surface area contributed by atoms with Crippen LogP contribution in [0, 0.1) is 0 Å². The van der Waals surface area contributed by atoms with Gasteiger partial charge in [0, 0.05) is 30.1 Å². The second-order valence-electron chi connectivity index (χ2n) is 4.80. The molecular formula is C14H18N2O. The third-order valence-electron chi connectivity index (χ3n) is 3.64. The molecule has 1 aromatic heterocycles. The van der Waals surface area contributed by atoms with Gasteiger partial charge in [-0.2, -0.15) is 0 Å². The van der Waals surface area contributed by atoms with E-state index in [1.54, 1.807) is 0 Å². The Kier molecular flexibility index (Phi) is 2.87. The molecular weight excluding hydrogens is 212 g/mol. The Labute approximate surface area is 101 Å². The molecule has 1 heterocycles. The van der Waals surface area contributed by atoms with E-state index in [0.29, 0.717) is 12.6 Å². The molecule has 3 N–H and O–H groups in total. The quantitative estimate of drug-likeness (QED) is 0.848. The van der Waals surface area contributed by atoms with E-state index >= 15 is 0 Å². The Morgan fingerprint density at radius 1 is 1.35 bits per heavy atom. The van der Waals surface area contributed by atoms with Crippen molar-refractivity contribution in [2.45, 2.75) is 38.4 Å². The minimum Gasteiger partial charge on any atom is -0.464 e. The Balaban J connectivity index is 1.79. The molecule has 0 spiro atoms. The number of benzene rings is 1. The molecule has 1 aliphatic rings. The maximum atomic E-state index is 5.62. The molecule has 0 aliphatic heterocycles. The van der Waals surface area contributed by atoms with Gasteiger partial charge < -0.3 is 15.5 Å². The van der Waals surface area contributed by atoms with Crippen LogP contribution in [-0.4, -0.2) is 6.04 Å². The molecule has 0 saturated heterocycles. The molecule has 90 valence electrons. The molecule has 0 radical (unpaired) electrons. The Bertz CT molecular complexity index is 514. The first-order valence-electron chi connectivity index (χ1n) is 6.29. The highest BCUT2D eigenvalue weighted by Crippen LogP contribution is 2.24. The third kappa shape index (κ3) is 2.08. The summed E-state index contributed by atoms with van der Waals surface area (Å²) in [6, 6.07) is 6.93. The minimum absolute atomic E-state index is 0.562. The first-order valence-corrected chi connectivity index (χ1v) is 6.29. The highest BCUT2D eigenvalue weighted by Gasteiger charge is 2.17. The van der Waals surface area contributed by atoms with Gasteiger partial charge >= 0.3 is 0 Å². The van der Waals surface area contributed by atoms with Gasteiger partial charge in [-0.05, 0) is 24.5 Å². The summed E-state index contributed by atoms with van der Waals surface area (Å²) in [6.07, 6.45) is 5.85. The van der Waals surface area contributed by atoms with Crippen molar-refractivity contribution < 1.29 is 4.42 Å². The van der Waals surface area contributed by atoms with Gasteiger partial charge in [-0.15, -0.1) is 0 Å². The van der Waals surface area contributed by atoms with Crippen LogP contribution in [0.1, 0.15) is 30.4 Å². The minimum atomic E-state index is 0.562. The molecule has 2 aromatic rings. The van der Waals surface area contributed by atoms with Gasteiger partial charge in [0.15, 0.2) is 0 Å². The van der Waals surface area contributed by atoms with Gasteiger partial charge in [-0.25, -0.2) is 0 Å². The summed E-state index contributed by atoms with van der Waals surface area (Å²) in [4.78, 5) is 0. The first kappa shape index (κ1) is 10.8. The van der Waals surface area contributed by atoms with Crippen LogP contribution in [0.5, 0.6) is 0 Å². The second-order valence-corrected chi connectivity index (χ2v) is 4.80. The second kappa shape index (κ2) is 4.51. The maximum absolute atomic E-state index is 5.62. The van der Waals surface area contributed by atoms with Gasteiger partial charge in [0.05, 0.1) is 6.26 Å². The molecule has 17 heavy (non-hydrogen) atoms. The molecule has 1 aliphatic carbocycles. The van der Waals surface area contributed by atoms with Crippen molar-refractivity contribution in [1.29, 1.82) is 0 Å².